The highest BCUT2D eigenvalue weighted by Crippen LogP contribution is 2.29. The van der Waals surface area contributed by atoms with Gasteiger partial charge in [-0.2, -0.15) is 0 Å². The largest absolute Gasteiger partial charge is 0.381 e. The van der Waals surface area contributed by atoms with Crippen LogP contribution < -0.4 is 10.6 Å². The van der Waals surface area contributed by atoms with E-state index in [-0.39, 0.29) is 24.0 Å². The number of sulfone groups is 1. The van der Waals surface area contributed by atoms with E-state index in [2.05, 4.69) is 22.5 Å². The Morgan fingerprint density at radius 1 is 1.00 bits per heavy atom. The summed E-state index contributed by atoms with van der Waals surface area (Å²) in [4.78, 5) is 4.59. The minimum atomic E-state index is -3.18. The van der Waals surface area contributed by atoms with Gasteiger partial charge in [0.2, 0.25) is 0 Å². The second-order valence-corrected chi connectivity index (χ2v) is 9.72. The summed E-state index contributed by atoms with van der Waals surface area (Å²) in [6, 6.07) is 0. The van der Waals surface area contributed by atoms with Crippen molar-refractivity contribution in [3.05, 3.63) is 0 Å². The van der Waals surface area contributed by atoms with Gasteiger partial charge in [-0.25, -0.2) is 8.42 Å². The van der Waals surface area contributed by atoms with E-state index < -0.39 is 14.6 Å². The van der Waals surface area contributed by atoms with Crippen LogP contribution in [-0.4, -0.2) is 58.2 Å². The zero-order valence-electron chi connectivity index (χ0n) is 17.4. The van der Waals surface area contributed by atoms with E-state index in [0.717, 1.165) is 19.5 Å². The second kappa shape index (κ2) is 14.8. The molecule has 1 rings (SSSR count). The predicted octanol–water partition coefficient (Wildman–Crippen LogP) is 3.50. The van der Waals surface area contributed by atoms with Gasteiger partial charge >= 0.3 is 0 Å². The number of nitrogens with zero attached hydrogens (tertiary/aromatic N) is 1. The van der Waals surface area contributed by atoms with Crippen LogP contribution in [0.1, 0.15) is 71.6 Å². The third-order valence-corrected chi connectivity index (χ3v) is 7.24. The number of rotatable bonds is 12. The Morgan fingerprint density at radius 2 is 1.59 bits per heavy atom. The van der Waals surface area contributed by atoms with Crippen LogP contribution in [0.2, 0.25) is 0 Å². The van der Waals surface area contributed by atoms with E-state index >= 15 is 0 Å². The van der Waals surface area contributed by atoms with Crippen LogP contribution in [0.3, 0.4) is 0 Å². The number of guanidine groups is 1. The van der Waals surface area contributed by atoms with Gasteiger partial charge in [0.1, 0.15) is 0 Å². The van der Waals surface area contributed by atoms with Crippen molar-refractivity contribution < 1.29 is 13.2 Å². The molecule has 0 aromatic rings. The van der Waals surface area contributed by atoms with Crippen LogP contribution in [0.4, 0.5) is 0 Å². The lowest BCUT2D eigenvalue weighted by Crippen LogP contribution is -2.47. The van der Waals surface area contributed by atoms with Crippen molar-refractivity contribution >= 4 is 39.8 Å². The molecule has 6 nitrogen and oxygen atoms in total. The number of aliphatic imine (C=N–C) groups is 1. The van der Waals surface area contributed by atoms with Gasteiger partial charge in [0.15, 0.2) is 15.8 Å². The third kappa shape index (κ3) is 10.3. The predicted molar refractivity (Wildman–Crippen MR) is 125 cm³/mol. The van der Waals surface area contributed by atoms with Gasteiger partial charge in [-0.3, -0.25) is 4.99 Å². The molecule has 27 heavy (non-hydrogen) atoms. The number of ether oxygens (including phenoxy) is 1. The van der Waals surface area contributed by atoms with Crippen molar-refractivity contribution in [3.63, 3.8) is 0 Å². The van der Waals surface area contributed by atoms with E-state index in [4.69, 9.17) is 4.74 Å². The normalized spacial score (nSPS) is 17.2. The number of nitrogens with one attached hydrogen (secondary N) is 2. The summed E-state index contributed by atoms with van der Waals surface area (Å²) in [5.74, 6) is 0.716. The molecule has 1 fully saturated rings. The molecule has 162 valence electrons. The Hall–Kier alpha value is -0.0900. The fraction of sp³-hybridized carbons (Fsp3) is 0.947. The zero-order valence-corrected chi connectivity index (χ0v) is 20.5. The van der Waals surface area contributed by atoms with E-state index in [9.17, 15) is 8.42 Å². The van der Waals surface area contributed by atoms with Crippen LogP contribution in [-0.2, 0) is 14.6 Å². The molecule has 1 aliphatic heterocycles. The van der Waals surface area contributed by atoms with Crippen LogP contribution in [0.5, 0.6) is 0 Å². The molecule has 0 unspecified atom stereocenters. The SMILES string of the molecule is CCCCCCCCCNC(=NCC1(S(C)(=O)=O)CCOCC1)NCC.I. The van der Waals surface area contributed by atoms with E-state index in [1.54, 1.807) is 0 Å². The fourth-order valence-electron chi connectivity index (χ4n) is 3.24. The minimum absolute atomic E-state index is 0. The molecule has 0 spiro atoms. The Bertz CT molecular complexity index is 506. The maximum atomic E-state index is 12.3. The maximum Gasteiger partial charge on any atom is 0.191 e. The van der Waals surface area contributed by atoms with Gasteiger partial charge in [0, 0.05) is 32.6 Å². The molecule has 2 N–H and O–H groups in total. The molecule has 0 aliphatic carbocycles. The van der Waals surface area contributed by atoms with Gasteiger partial charge in [0.05, 0.1) is 11.3 Å². The summed E-state index contributed by atoms with van der Waals surface area (Å²) in [5.41, 5.74) is 0. The standard InChI is InChI=1S/C19H39N3O3S.HI/c1-4-6-7-8-9-10-11-14-21-18(20-5-2)22-17-19(26(3,23)24)12-15-25-16-13-19;/h4-17H2,1-3H3,(H2,20,21,22);1H. The first-order valence-electron chi connectivity index (χ1n) is 10.2. The molecule has 8 heteroatoms. The van der Waals surface area contributed by atoms with Gasteiger partial charge in [-0.05, 0) is 26.2 Å². The molecule has 0 aromatic heterocycles. The van der Waals surface area contributed by atoms with E-state index in [0.29, 0.717) is 38.6 Å². The lowest BCUT2D eigenvalue weighted by Gasteiger charge is -2.34. The average molecular weight is 518 g/mol. The zero-order chi connectivity index (χ0) is 19.3. The molecular weight excluding hydrogens is 477 g/mol. The van der Waals surface area contributed by atoms with Crippen molar-refractivity contribution in [1.29, 1.82) is 0 Å². The molecule has 1 heterocycles. The number of halogens is 1. The summed E-state index contributed by atoms with van der Waals surface area (Å²) in [6.07, 6.45) is 11.3. The Labute approximate surface area is 183 Å². The smallest absolute Gasteiger partial charge is 0.191 e. The molecule has 1 aliphatic rings. The Kier molecular flexibility index (Phi) is 14.8. The van der Waals surface area contributed by atoms with E-state index in [1.165, 1.54) is 44.8 Å². The molecule has 0 bridgehead atoms. The van der Waals surface area contributed by atoms with Crippen molar-refractivity contribution in [3.8, 4) is 0 Å². The lowest BCUT2D eigenvalue weighted by molar-refractivity contribution is 0.0768. The van der Waals surface area contributed by atoms with Gasteiger partial charge < -0.3 is 15.4 Å². The van der Waals surface area contributed by atoms with Crippen LogP contribution >= 0.6 is 24.0 Å². The highest BCUT2D eigenvalue weighted by Gasteiger charge is 2.42. The second-order valence-electron chi connectivity index (χ2n) is 7.31. The van der Waals surface area contributed by atoms with Crippen LogP contribution in [0.25, 0.3) is 0 Å². The van der Waals surface area contributed by atoms with Crippen molar-refractivity contribution in [2.75, 3.05) is 39.1 Å². The first kappa shape index (κ1) is 26.9. The first-order chi connectivity index (χ1) is 12.4. The molecule has 0 aromatic carbocycles. The van der Waals surface area contributed by atoms with Gasteiger partial charge in [0.25, 0.3) is 0 Å². The summed E-state index contributed by atoms with van der Waals surface area (Å²) in [7, 11) is -3.18. The first-order valence-corrected chi connectivity index (χ1v) is 12.1. The lowest BCUT2D eigenvalue weighted by atomic mass is 9.99. The maximum absolute atomic E-state index is 12.3. The summed E-state index contributed by atoms with van der Waals surface area (Å²) in [5, 5.41) is 6.57. The highest BCUT2D eigenvalue weighted by molar-refractivity contribution is 14.0. The Morgan fingerprint density at radius 3 is 2.15 bits per heavy atom. The van der Waals surface area contributed by atoms with Gasteiger partial charge in [-0.15, -0.1) is 24.0 Å². The van der Waals surface area contributed by atoms with Crippen LogP contribution in [0.15, 0.2) is 4.99 Å². The molecule has 0 atom stereocenters. The number of unbranched alkanes of at least 4 members (excludes halogenated alkanes) is 6. The summed E-state index contributed by atoms with van der Waals surface area (Å²) < 4.78 is 29.2. The molecule has 0 radical (unpaired) electrons. The molecule has 0 saturated carbocycles. The summed E-state index contributed by atoms with van der Waals surface area (Å²) >= 11 is 0. The Balaban J connectivity index is 0.00000676. The quantitative estimate of drug-likeness (QED) is 0.179. The number of hydrogen-bond donors (Lipinski definition) is 2. The molecule has 0 amide bonds. The monoisotopic (exact) mass is 517 g/mol. The minimum Gasteiger partial charge on any atom is -0.381 e. The van der Waals surface area contributed by atoms with Crippen molar-refractivity contribution in [2.45, 2.75) is 76.4 Å². The van der Waals surface area contributed by atoms with E-state index in [1.807, 2.05) is 6.92 Å². The number of hydrogen-bond acceptors (Lipinski definition) is 4. The molecular formula is C19H40IN3O3S. The van der Waals surface area contributed by atoms with Crippen molar-refractivity contribution in [1.82, 2.24) is 10.6 Å². The average Bonchev–Trinajstić information content (AvgIpc) is 2.61. The topological polar surface area (TPSA) is 79.8 Å². The van der Waals surface area contributed by atoms with Crippen LogP contribution in [0, 0.1) is 0 Å². The third-order valence-electron chi connectivity index (χ3n) is 5.13. The summed E-state index contributed by atoms with van der Waals surface area (Å²) in [6.45, 7) is 7.16. The van der Waals surface area contributed by atoms with Crippen molar-refractivity contribution in [2.24, 2.45) is 4.99 Å². The highest BCUT2D eigenvalue weighted by atomic mass is 127. The molecule has 1 saturated heterocycles. The fourth-order valence-corrected chi connectivity index (χ4v) is 4.45. The van der Waals surface area contributed by atoms with Gasteiger partial charge in [-0.1, -0.05) is 45.4 Å².